The molecule has 19 heavy (non-hydrogen) atoms. The van der Waals surface area contributed by atoms with Crippen molar-refractivity contribution in [3.05, 3.63) is 0 Å². The molecular formula is C13H23N3O3. The Bertz CT molecular complexity index is 321. The fourth-order valence-electron chi connectivity index (χ4n) is 2.81. The van der Waals surface area contributed by atoms with Gasteiger partial charge in [-0.05, 0) is 12.8 Å². The fraction of sp³-hybridized carbons (Fsp3) is 0.846. The van der Waals surface area contributed by atoms with Gasteiger partial charge >= 0.3 is 12.0 Å². The highest BCUT2D eigenvalue weighted by atomic mass is 16.4. The van der Waals surface area contributed by atoms with Crippen molar-refractivity contribution in [3.63, 3.8) is 0 Å². The van der Waals surface area contributed by atoms with E-state index in [9.17, 15) is 9.59 Å². The van der Waals surface area contributed by atoms with Crippen molar-refractivity contribution >= 4 is 12.0 Å². The van der Waals surface area contributed by atoms with Gasteiger partial charge in [0.15, 0.2) is 0 Å². The van der Waals surface area contributed by atoms with E-state index in [2.05, 4.69) is 5.32 Å². The van der Waals surface area contributed by atoms with Gasteiger partial charge in [0.25, 0.3) is 0 Å². The maximum Gasteiger partial charge on any atom is 0.317 e. The van der Waals surface area contributed by atoms with E-state index in [-0.39, 0.29) is 12.6 Å². The van der Waals surface area contributed by atoms with Crippen LogP contribution in [-0.4, -0.2) is 65.7 Å². The molecule has 1 aliphatic heterocycles. The van der Waals surface area contributed by atoms with Crippen LogP contribution in [0, 0.1) is 0 Å². The summed E-state index contributed by atoms with van der Waals surface area (Å²) in [7, 11) is 0. The molecule has 2 amide bonds. The van der Waals surface area contributed by atoms with E-state index in [4.69, 9.17) is 5.11 Å². The first-order chi connectivity index (χ1) is 9.15. The van der Waals surface area contributed by atoms with Crippen LogP contribution < -0.4 is 5.32 Å². The molecule has 0 aromatic heterocycles. The van der Waals surface area contributed by atoms with E-state index in [1.54, 1.807) is 4.90 Å². The quantitative estimate of drug-likeness (QED) is 0.792. The fourth-order valence-corrected chi connectivity index (χ4v) is 2.81. The van der Waals surface area contributed by atoms with E-state index in [0.29, 0.717) is 32.2 Å². The van der Waals surface area contributed by atoms with Crippen molar-refractivity contribution in [1.29, 1.82) is 0 Å². The standard InChI is InChI=1S/C13H23N3O3/c17-12(18)10-15-6-8-16(9-7-15)13(19)14-11-4-2-1-3-5-11/h11H,1-10H2,(H,14,19)(H,17,18). The molecule has 0 spiro atoms. The molecule has 6 nitrogen and oxygen atoms in total. The minimum absolute atomic E-state index is 0.0156. The molecule has 0 aromatic carbocycles. The van der Waals surface area contributed by atoms with Crippen molar-refractivity contribution in [1.82, 2.24) is 15.1 Å². The zero-order valence-electron chi connectivity index (χ0n) is 11.3. The number of carbonyl (C=O) groups is 2. The Hall–Kier alpha value is -1.30. The van der Waals surface area contributed by atoms with Crippen molar-refractivity contribution in [2.75, 3.05) is 32.7 Å². The molecule has 1 heterocycles. The van der Waals surface area contributed by atoms with Gasteiger partial charge in [0.05, 0.1) is 6.54 Å². The largest absolute Gasteiger partial charge is 0.480 e. The van der Waals surface area contributed by atoms with Crippen molar-refractivity contribution in [2.24, 2.45) is 0 Å². The smallest absolute Gasteiger partial charge is 0.317 e. The van der Waals surface area contributed by atoms with Crippen LogP contribution in [0.4, 0.5) is 4.79 Å². The lowest BCUT2D eigenvalue weighted by molar-refractivity contribution is -0.138. The molecule has 0 unspecified atom stereocenters. The number of urea groups is 1. The first-order valence-electron chi connectivity index (χ1n) is 7.15. The molecule has 2 rings (SSSR count). The third-order valence-corrected chi connectivity index (χ3v) is 3.95. The Morgan fingerprint density at radius 3 is 2.26 bits per heavy atom. The average molecular weight is 269 g/mol. The number of aliphatic carboxylic acids is 1. The van der Waals surface area contributed by atoms with E-state index in [1.807, 2.05) is 4.90 Å². The molecule has 2 fully saturated rings. The number of nitrogens with zero attached hydrogens (tertiary/aromatic N) is 2. The zero-order valence-corrected chi connectivity index (χ0v) is 11.3. The van der Waals surface area contributed by atoms with Crippen LogP contribution in [0.5, 0.6) is 0 Å². The van der Waals surface area contributed by atoms with Crippen LogP contribution >= 0.6 is 0 Å². The first kappa shape index (κ1) is 14.1. The Labute approximate surface area is 113 Å². The monoisotopic (exact) mass is 269 g/mol. The van der Waals surface area contributed by atoms with Crippen molar-refractivity contribution in [2.45, 2.75) is 38.1 Å². The van der Waals surface area contributed by atoms with Gasteiger partial charge in [-0.3, -0.25) is 9.69 Å². The Morgan fingerprint density at radius 1 is 1.05 bits per heavy atom. The second-order valence-electron chi connectivity index (χ2n) is 5.44. The third-order valence-electron chi connectivity index (χ3n) is 3.95. The SMILES string of the molecule is O=C(O)CN1CCN(C(=O)NC2CCCCC2)CC1. The molecule has 0 atom stereocenters. The number of carboxylic acid groups (broad SMARTS) is 1. The molecule has 2 N–H and O–H groups in total. The van der Waals surface area contributed by atoms with Crippen LogP contribution in [0.2, 0.25) is 0 Å². The molecule has 0 aromatic rings. The number of carbonyl (C=O) groups excluding carboxylic acids is 1. The maximum absolute atomic E-state index is 12.1. The molecule has 108 valence electrons. The average Bonchev–Trinajstić information content (AvgIpc) is 2.40. The summed E-state index contributed by atoms with van der Waals surface area (Å²) in [6.07, 6.45) is 5.87. The lowest BCUT2D eigenvalue weighted by atomic mass is 9.96. The third kappa shape index (κ3) is 4.38. The van der Waals surface area contributed by atoms with Gasteiger partial charge in [0, 0.05) is 32.2 Å². The number of rotatable bonds is 3. The number of nitrogens with one attached hydrogen (secondary N) is 1. The number of hydrogen-bond acceptors (Lipinski definition) is 3. The molecule has 0 radical (unpaired) electrons. The molecule has 2 aliphatic rings. The molecular weight excluding hydrogens is 246 g/mol. The summed E-state index contributed by atoms with van der Waals surface area (Å²) in [4.78, 5) is 26.4. The Morgan fingerprint density at radius 2 is 1.68 bits per heavy atom. The van der Waals surface area contributed by atoms with E-state index in [1.165, 1.54) is 19.3 Å². The molecule has 0 bridgehead atoms. The van der Waals surface area contributed by atoms with Crippen LogP contribution in [0.1, 0.15) is 32.1 Å². The van der Waals surface area contributed by atoms with Gasteiger partial charge in [-0.1, -0.05) is 19.3 Å². The summed E-state index contributed by atoms with van der Waals surface area (Å²) >= 11 is 0. The highest BCUT2D eigenvalue weighted by molar-refractivity contribution is 5.74. The summed E-state index contributed by atoms with van der Waals surface area (Å²) in [6.45, 7) is 2.59. The number of amides is 2. The van der Waals surface area contributed by atoms with Crippen LogP contribution in [0.15, 0.2) is 0 Å². The van der Waals surface area contributed by atoms with Crippen molar-refractivity contribution < 1.29 is 14.7 Å². The molecule has 6 heteroatoms. The zero-order chi connectivity index (χ0) is 13.7. The minimum Gasteiger partial charge on any atom is -0.480 e. The molecule has 1 aliphatic carbocycles. The highest BCUT2D eigenvalue weighted by Gasteiger charge is 2.24. The maximum atomic E-state index is 12.1. The normalized spacial score (nSPS) is 22.2. The molecule has 1 saturated carbocycles. The topological polar surface area (TPSA) is 72.9 Å². The van der Waals surface area contributed by atoms with Gasteiger partial charge in [0.2, 0.25) is 0 Å². The van der Waals surface area contributed by atoms with Crippen LogP contribution in [0.25, 0.3) is 0 Å². The second-order valence-corrected chi connectivity index (χ2v) is 5.44. The first-order valence-corrected chi connectivity index (χ1v) is 7.15. The number of piperazine rings is 1. The lowest BCUT2D eigenvalue weighted by Crippen LogP contribution is -2.54. The Kier molecular flexibility index (Phi) is 5.01. The van der Waals surface area contributed by atoms with Gasteiger partial charge < -0.3 is 15.3 Å². The summed E-state index contributed by atoms with van der Waals surface area (Å²) in [5, 5.41) is 11.8. The van der Waals surface area contributed by atoms with Gasteiger partial charge in [-0.2, -0.15) is 0 Å². The Balaban J connectivity index is 1.71. The number of carboxylic acids is 1. The number of hydrogen-bond donors (Lipinski definition) is 2. The summed E-state index contributed by atoms with van der Waals surface area (Å²) in [6, 6.07) is 0.347. The molecule has 1 saturated heterocycles. The van der Waals surface area contributed by atoms with Crippen molar-refractivity contribution in [3.8, 4) is 0 Å². The summed E-state index contributed by atoms with van der Waals surface area (Å²) in [5.41, 5.74) is 0. The van der Waals surface area contributed by atoms with Gasteiger partial charge in [-0.25, -0.2) is 4.79 Å². The lowest BCUT2D eigenvalue weighted by Gasteiger charge is -2.35. The van der Waals surface area contributed by atoms with Gasteiger partial charge in [-0.15, -0.1) is 0 Å². The van der Waals surface area contributed by atoms with Crippen LogP contribution in [0.3, 0.4) is 0 Å². The highest BCUT2D eigenvalue weighted by Crippen LogP contribution is 2.17. The van der Waals surface area contributed by atoms with Gasteiger partial charge in [0.1, 0.15) is 0 Å². The minimum atomic E-state index is -0.805. The van der Waals surface area contributed by atoms with E-state index in [0.717, 1.165) is 12.8 Å². The predicted octanol–water partition coefficient (Wildman–Crippen LogP) is 0.731. The van der Waals surface area contributed by atoms with Crippen LogP contribution in [-0.2, 0) is 4.79 Å². The predicted molar refractivity (Wildman–Crippen MR) is 71.1 cm³/mol. The summed E-state index contributed by atoms with van der Waals surface area (Å²) < 4.78 is 0. The van der Waals surface area contributed by atoms with E-state index < -0.39 is 5.97 Å². The second kappa shape index (κ2) is 6.75. The summed E-state index contributed by atoms with van der Waals surface area (Å²) in [5.74, 6) is -0.805. The van der Waals surface area contributed by atoms with E-state index >= 15 is 0 Å².